The molecule has 29 heavy (non-hydrogen) atoms. The number of anilines is 2. The lowest BCUT2D eigenvalue weighted by molar-refractivity contribution is 0.458. The number of hydrogen-bond donors (Lipinski definition) is 1. The Labute approximate surface area is 172 Å². The second kappa shape index (κ2) is 7.36. The summed E-state index contributed by atoms with van der Waals surface area (Å²) >= 11 is 6.16. The fourth-order valence-electron chi connectivity index (χ4n) is 3.66. The van der Waals surface area contributed by atoms with Gasteiger partial charge in [-0.15, -0.1) is 10.2 Å². The number of halogens is 1. The van der Waals surface area contributed by atoms with Gasteiger partial charge in [0.2, 0.25) is 11.8 Å². The second-order valence-corrected chi connectivity index (χ2v) is 7.58. The van der Waals surface area contributed by atoms with Crippen LogP contribution in [0.15, 0.2) is 47.0 Å². The van der Waals surface area contributed by atoms with Crippen molar-refractivity contribution in [2.45, 2.75) is 25.8 Å². The van der Waals surface area contributed by atoms with Crippen LogP contribution in [0.2, 0.25) is 5.02 Å². The minimum absolute atomic E-state index is 0.294. The molecule has 5 rings (SSSR count). The van der Waals surface area contributed by atoms with Crippen LogP contribution in [0.1, 0.15) is 18.7 Å². The van der Waals surface area contributed by atoms with Gasteiger partial charge in [0.15, 0.2) is 5.65 Å². The predicted octanol–water partition coefficient (Wildman–Crippen LogP) is 3.82. The van der Waals surface area contributed by atoms with E-state index in [1.165, 1.54) is 0 Å². The minimum atomic E-state index is 0.294. The summed E-state index contributed by atoms with van der Waals surface area (Å²) in [7, 11) is 0. The minimum Gasteiger partial charge on any atom is -0.408 e. The van der Waals surface area contributed by atoms with Crippen molar-refractivity contribution in [3.8, 4) is 11.1 Å². The van der Waals surface area contributed by atoms with Crippen LogP contribution in [0.3, 0.4) is 0 Å². The summed E-state index contributed by atoms with van der Waals surface area (Å²) in [5.41, 5.74) is 2.82. The van der Waals surface area contributed by atoms with Gasteiger partial charge in [0.1, 0.15) is 0 Å². The predicted molar refractivity (Wildman–Crippen MR) is 111 cm³/mol. The number of pyridine rings is 1. The van der Waals surface area contributed by atoms with Gasteiger partial charge in [-0.05, 0) is 42.7 Å². The molecular weight excluding hydrogens is 390 g/mol. The standard InChI is InChI=1S/C20H20ClN7O/c1-13-24-25-20(29-13)27-10-7-16(8-11-27)22-19-23-18-17(6-3-9-28(18)26-19)14-4-2-5-15(21)12-14/h2-6,9,12,16H,7-8,10-11H2,1H3,(H,22,26). The van der Waals surface area contributed by atoms with E-state index in [0.29, 0.717) is 28.9 Å². The molecule has 0 atom stereocenters. The molecule has 1 saturated heterocycles. The van der Waals surface area contributed by atoms with E-state index in [4.69, 9.17) is 21.0 Å². The van der Waals surface area contributed by atoms with E-state index >= 15 is 0 Å². The Morgan fingerprint density at radius 3 is 2.76 bits per heavy atom. The second-order valence-electron chi connectivity index (χ2n) is 7.15. The molecule has 1 fully saturated rings. The van der Waals surface area contributed by atoms with Crippen molar-refractivity contribution in [2.75, 3.05) is 23.3 Å². The number of aromatic nitrogens is 5. The zero-order valence-corrected chi connectivity index (χ0v) is 16.7. The average Bonchev–Trinajstić information content (AvgIpc) is 3.34. The first-order valence-corrected chi connectivity index (χ1v) is 9.96. The van der Waals surface area contributed by atoms with Crippen molar-refractivity contribution in [1.29, 1.82) is 0 Å². The largest absolute Gasteiger partial charge is 0.408 e. The van der Waals surface area contributed by atoms with E-state index in [1.807, 2.05) is 42.6 Å². The maximum atomic E-state index is 6.16. The number of rotatable bonds is 4. The third-order valence-electron chi connectivity index (χ3n) is 5.11. The van der Waals surface area contributed by atoms with E-state index in [1.54, 1.807) is 11.4 Å². The van der Waals surface area contributed by atoms with Gasteiger partial charge in [-0.3, -0.25) is 0 Å². The summed E-state index contributed by atoms with van der Waals surface area (Å²) in [6.45, 7) is 3.50. The zero-order chi connectivity index (χ0) is 19.8. The van der Waals surface area contributed by atoms with Crippen molar-refractivity contribution in [2.24, 2.45) is 0 Å². The van der Waals surface area contributed by atoms with Crippen molar-refractivity contribution in [3.05, 3.63) is 53.5 Å². The highest BCUT2D eigenvalue weighted by Crippen LogP contribution is 2.27. The van der Waals surface area contributed by atoms with Gasteiger partial charge in [0, 0.05) is 42.8 Å². The monoisotopic (exact) mass is 409 g/mol. The van der Waals surface area contributed by atoms with Gasteiger partial charge in [-0.2, -0.15) is 4.98 Å². The molecule has 1 N–H and O–H groups in total. The zero-order valence-electron chi connectivity index (χ0n) is 15.9. The highest BCUT2D eigenvalue weighted by Gasteiger charge is 2.23. The molecule has 0 unspecified atom stereocenters. The summed E-state index contributed by atoms with van der Waals surface area (Å²) in [6, 6.07) is 12.7. The molecule has 0 spiro atoms. The van der Waals surface area contributed by atoms with Crippen LogP contribution in [0.4, 0.5) is 12.0 Å². The molecule has 1 aliphatic heterocycles. The third-order valence-corrected chi connectivity index (χ3v) is 5.35. The smallest absolute Gasteiger partial charge is 0.318 e. The van der Waals surface area contributed by atoms with E-state index in [2.05, 4.69) is 25.5 Å². The normalized spacial score (nSPS) is 15.2. The molecule has 8 nitrogen and oxygen atoms in total. The number of benzene rings is 1. The first-order valence-electron chi connectivity index (χ1n) is 9.59. The Morgan fingerprint density at radius 2 is 2.00 bits per heavy atom. The fourth-order valence-corrected chi connectivity index (χ4v) is 3.85. The van der Waals surface area contributed by atoms with Crippen molar-refractivity contribution < 1.29 is 4.42 Å². The van der Waals surface area contributed by atoms with Crippen LogP contribution < -0.4 is 10.2 Å². The molecular formula is C20H20ClN7O. The van der Waals surface area contributed by atoms with Gasteiger partial charge >= 0.3 is 6.01 Å². The number of hydrogen-bond acceptors (Lipinski definition) is 7. The van der Waals surface area contributed by atoms with Crippen LogP contribution >= 0.6 is 11.6 Å². The molecule has 9 heteroatoms. The summed E-state index contributed by atoms with van der Waals surface area (Å²) in [5, 5.41) is 16.8. The van der Waals surface area contributed by atoms with Crippen LogP contribution in [-0.2, 0) is 0 Å². The highest BCUT2D eigenvalue weighted by atomic mass is 35.5. The molecule has 0 radical (unpaired) electrons. The Kier molecular flexibility index (Phi) is 4.55. The van der Waals surface area contributed by atoms with Gasteiger partial charge in [-0.25, -0.2) is 4.52 Å². The van der Waals surface area contributed by atoms with Crippen LogP contribution in [0, 0.1) is 6.92 Å². The number of fused-ring (bicyclic) bond motifs is 1. The topological polar surface area (TPSA) is 84.4 Å². The van der Waals surface area contributed by atoms with Crippen molar-refractivity contribution in [3.63, 3.8) is 0 Å². The summed E-state index contributed by atoms with van der Waals surface area (Å²) in [5.74, 6) is 1.22. The Balaban J connectivity index is 1.32. The van der Waals surface area contributed by atoms with Crippen molar-refractivity contribution in [1.82, 2.24) is 24.8 Å². The molecule has 0 amide bonds. The quantitative estimate of drug-likeness (QED) is 0.548. The van der Waals surface area contributed by atoms with Gasteiger partial charge in [-0.1, -0.05) is 28.8 Å². The lowest BCUT2D eigenvalue weighted by atomic mass is 10.1. The molecule has 4 heterocycles. The first-order chi connectivity index (χ1) is 14.2. The van der Waals surface area contributed by atoms with Gasteiger partial charge in [0.25, 0.3) is 0 Å². The van der Waals surface area contributed by atoms with E-state index < -0.39 is 0 Å². The van der Waals surface area contributed by atoms with E-state index in [9.17, 15) is 0 Å². The number of nitrogens with one attached hydrogen (secondary N) is 1. The Morgan fingerprint density at radius 1 is 1.14 bits per heavy atom. The van der Waals surface area contributed by atoms with E-state index in [0.717, 1.165) is 42.7 Å². The molecule has 3 aromatic heterocycles. The van der Waals surface area contributed by atoms with Gasteiger partial charge < -0.3 is 14.6 Å². The SMILES string of the molecule is Cc1nnc(N2CCC(Nc3nc4c(-c5cccc(Cl)c5)cccn4n3)CC2)o1. The molecule has 0 saturated carbocycles. The maximum Gasteiger partial charge on any atom is 0.318 e. The van der Waals surface area contributed by atoms with Gasteiger partial charge in [0.05, 0.1) is 0 Å². The Hall–Kier alpha value is -3.13. The van der Waals surface area contributed by atoms with Crippen LogP contribution in [-0.4, -0.2) is 43.9 Å². The molecule has 0 aliphatic carbocycles. The lowest BCUT2D eigenvalue weighted by Crippen LogP contribution is -2.39. The first kappa shape index (κ1) is 17.9. The summed E-state index contributed by atoms with van der Waals surface area (Å²) in [4.78, 5) is 6.85. The Bertz CT molecular complexity index is 1150. The summed E-state index contributed by atoms with van der Waals surface area (Å²) < 4.78 is 7.33. The molecule has 1 aromatic carbocycles. The number of nitrogens with zero attached hydrogens (tertiary/aromatic N) is 6. The lowest BCUT2D eigenvalue weighted by Gasteiger charge is -2.30. The van der Waals surface area contributed by atoms with Crippen LogP contribution in [0.25, 0.3) is 16.8 Å². The average molecular weight is 410 g/mol. The molecule has 148 valence electrons. The number of piperidine rings is 1. The fraction of sp³-hybridized carbons (Fsp3) is 0.300. The highest BCUT2D eigenvalue weighted by molar-refractivity contribution is 6.30. The molecule has 1 aliphatic rings. The summed E-state index contributed by atoms with van der Waals surface area (Å²) in [6.07, 6.45) is 3.79. The molecule has 4 aromatic rings. The van der Waals surface area contributed by atoms with E-state index in [-0.39, 0.29) is 0 Å². The molecule has 0 bridgehead atoms. The maximum absolute atomic E-state index is 6.16. The third kappa shape index (κ3) is 3.63. The number of aryl methyl sites for hydroxylation is 1. The van der Waals surface area contributed by atoms with Crippen LogP contribution in [0.5, 0.6) is 0 Å². The van der Waals surface area contributed by atoms with Crippen molar-refractivity contribution >= 4 is 29.2 Å².